The SMILES string of the molecule is CCOCCCN1C(=O)C(C#N)=C(C)/C(=C\c2cn(-c3ccccc3)nc2-c2ccc(OCc3ccccc3Cl)cc2)C1=O. The summed E-state index contributed by atoms with van der Waals surface area (Å²) >= 11 is 6.27. The standard InChI is InChI=1S/C35H31ClN4O4/c1-3-43-19-9-18-39-34(41)30(24(2)31(21-37)35(39)42)20-27-22-40(28-11-5-4-6-12-28)38-33(27)25-14-16-29(17-15-25)44-23-26-10-7-8-13-32(26)36/h4-8,10-17,20,22H,3,9,18-19,23H2,1-2H3/b30-20+. The van der Waals surface area contributed by atoms with E-state index in [1.54, 1.807) is 17.7 Å². The molecule has 3 aromatic carbocycles. The number of nitriles is 1. The second kappa shape index (κ2) is 14.0. The fourth-order valence-corrected chi connectivity index (χ4v) is 5.06. The molecule has 1 aliphatic rings. The lowest BCUT2D eigenvalue weighted by Gasteiger charge is -2.27. The first-order valence-electron chi connectivity index (χ1n) is 14.3. The molecule has 8 nitrogen and oxygen atoms in total. The number of carbonyl (C=O) groups excluding carboxylic acids is 2. The van der Waals surface area contributed by atoms with Crippen LogP contribution in [0.1, 0.15) is 31.4 Å². The Hall–Kier alpha value is -4.97. The number of para-hydroxylation sites is 1. The molecule has 4 aromatic rings. The lowest BCUT2D eigenvalue weighted by Crippen LogP contribution is -2.43. The number of benzene rings is 3. The van der Waals surface area contributed by atoms with Crippen LogP contribution in [0, 0.1) is 11.3 Å². The van der Waals surface area contributed by atoms with Crippen LogP contribution in [0.2, 0.25) is 5.02 Å². The normalized spacial score (nSPS) is 14.3. The van der Waals surface area contributed by atoms with Crippen molar-refractivity contribution in [2.24, 2.45) is 0 Å². The van der Waals surface area contributed by atoms with Crippen molar-refractivity contribution < 1.29 is 19.1 Å². The van der Waals surface area contributed by atoms with Crippen LogP contribution in [-0.2, 0) is 20.9 Å². The summed E-state index contributed by atoms with van der Waals surface area (Å²) in [6.07, 6.45) is 4.01. The summed E-state index contributed by atoms with van der Waals surface area (Å²) in [7, 11) is 0. The predicted octanol–water partition coefficient (Wildman–Crippen LogP) is 6.79. The molecule has 1 aromatic heterocycles. The number of nitrogens with zero attached hydrogens (tertiary/aromatic N) is 4. The van der Waals surface area contributed by atoms with Gasteiger partial charge in [0.1, 0.15) is 24.0 Å². The first-order chi connectivity index (χ1) is 21.4. The van der Waals surface area contributed by atoms with Crippen molar-refractivity contribution in [2.75, 3.05) is 19.8 Å². The van der Waals surface area contributed by atoms with Gasteiger partial charge >= 0.3 is 0 Å². The lowest BCUT2D eigenvalue weighted by atomic mass is 9.93. The van der Waals surface area contributed by atoms with E-state index in [2.05, 4.69) is 0 Å². The van der Waals surface area contributed by atoms with E-state index in [1.165, 1.54) is 0 Å². The highest BCUT2D eigenvalue weighted by molar-refractivity contribution is 6.31. The molecule has 0 bridgehead atoms. The highest BCUT2D eigenvalue weighted by atomic mass is 35.5. The van der Waals surface area contributed by atoms with Gasteiger partial charge in [0, 0.05) is 53.2 Å². The summed E-state index contributed by atoms with van der Waals surface area (Å²) in [5, 5.41) is 15.3. The van der Waals surface area contributed by atoms with Crippen LogP contribution in [0.4, 0.5) is 0 Å². The maximum atomic E-state index is 13.7. The van der Waals surface area contributed by atoms with Crippen molar-refractivity contribution in [2.45, 2.75) is 26.9 Å². The second-order valence-electron chi connectivity index (χ2n) is 10.1. The first-order valence-corrected chi connectivity index (χ1v) is 14.7. The summed E-state index contributed by atoms with van der Waals surface area (Å²) in [6, 6.07) is 26.7. The van der Waals surface area contributed by atoms with E-state index in [-0.39, 0.29) is 17.7 Å². The number of carbonyl (C=O) groups is 2. The molecule has 0 spiro atoms. The molecule has 2 amide bonds. The van der Waals surface area contributed by atoms with Crippen LogP contribution >= 0.6 is 11.6 Å². The van der Waals surface area contributed by atoms with Crippen LogP contribution in [-0.4, -0.2) is 46.3 Å². The molecular formula is C35H31ClN4O4. The van der Waals surface area contributed by atoms with Crippen molar-refractivity contribution in [3.63, 3.8) is 0 Å². The minimum atomic E-state index is -0.587. The lowest BCUT2D eigenvalue weighted by molar-refractivity contribution is -0.140. The van der Waals surface area contributed by atoms with E-state index >= 15 is 0 Å². The monoisotopic (exact) mass is 606 g/mol. The highest BCUT2D eigenvalue weighted by Gasteiger charge is 2.35. The van der Waals surface area contributed by atoms with Crippen LogP contribution in [0.15, 0.2) is 102 Å². The van der Waals surface area contributed by atoms with Gasteiger partial charge in [-0.15, -0.1) is 0 Å². The molecule has 0 N–H and O–H groups in total. The van der Waals surface area contributed by atoms with Crippen LogP contribution in [0.25, 0.3) is 23.0 Å². The molecule has 0 radical (unpaired) electrons. The van der Waals surface area contributed by atoms with Crippen molar-refractivity contribution in [3.8, 4) is 28.8 Å². The van der Waals surface area contributed by atoms with Crippen molar-refractivity contribution >= 4 is 29.5 Å². The summed E-state index contributed by atoms with van der Waals surface area (Å²) in [5.41, 5.74) is 4.36. The zero-order valence-electron chi connectivity index (χ0n) is 24.5. The molecule has 2 heterocycles. The molecule has 44 heavy (non-hydrogen) atoms. The minimum Gasteiger partial charge on any atom is -0.489 e. The Bertz CT molecular complexity index is 1770. The Morgan fingerprint density at radius 3 is 2.41 bits per heavy atom. The fourth-order valence-electron chi connectivity index (χ4n) is 4.87. The third-order valence-corrected chi connectivity index (χ3v) is 7.61. The summed E-state index contributed by atoms with van der Waals surface area (Å²) in [5.74, 6) is -0.377. The number of ether oxygens (including phenoxy) is 2. The Kier molecular flexibility index (Phi) is 9.70. The zero-order valence-corrected chi connectivity index (χ0v) is 25.3. The zero-order chi connectivity index (χ0) is 31.1. The van der Waals surface area contributed by atoms with Gasteiger partial charge in [0.25, 0.3) is 11.8 Å². The van der Waals surface area contributed by atoms with Crippen LogP contribution < -0.4 is 4.74 Å². The van der Waals surface area contributed by atoms with Crippen molar-refractivity contribution in [1.82, 2.24) is 14.7 Å². The van der Waals surface area contributed by atoms with Crippen molar-refractivity contribution in [1.29, 1.82) is 5.26 Å². The molecule has 222 valence electrons. The Labute approximate surface area is 261 Å². The number of amides is 2. The van der Waals surface area contributed by atoms with E-state index in [0.717, 1.165) is 21.7 Å². The summed E-state index contributed by atoms with van der Waals surface area (Å²) in [4.78, 5) is 27.8. The molecule has 0 fully saturated rings. The van der Waals surface area contributed by atoms with Gasteiger partial charge in [0.2, 0.25) is 0 Å². The van der Waals surface area contributed by atoms with Crippen LogP contribution in [0.5, 0.6) is 5.75 Å². The van der Waals surface area contributed by atoms with Gasteiger partial charge in [0.15, 0.2) is 0 Å². The quantitative estimate of drug-likeness (QED) is 0.106. The van der Waals surface area contributed by atoms with E-state index in [9.17, 15) is 14.9 Å². The largest absolute Gasteiger partial charge is 0.489 e. The number of hydrogen-bond acceptors (Lipinski definition) is 6. The van der Waals surface area contributed by atoms with Crippen molar-refractivity contribution in [3.05, 3.63) is 118 Å². The number of halogens is 1. The number of hydrogen-bond donors (Lipinski definition) is 0. The highest BCUT2D eigenvalue weighted by Crippen LogP contribution is 2.32. The maximum Gasteiger partial charge on any atom is 0.271 e. The number of aromatic nitrogens is 2. The van der Waals surface area contributed by atoms with E-state index < -0.39 is 11.8 Å². The molecule has 9 heteroatoms. The molecule has 0 aliphatic carbocycles. The molecule has 0 atom stereocenters. The molecule has 5 rings (SSSR count). The molecule has 1 aliphatic heterocycles. The molecule has 0 saturated carbocycles. The second-order valence-corrected chi connectivity index (χ2v) is 10.5. The van der Waals surface area contributed by atoms with Gasteiger partial charge in [0.05, 0.1) is 11.4 Å². The smallest absolute Gasteiger partial charge is 0.271 e. The predicted molar refractivity (Wildman–Crippen MR) is 169 cm³/mol. The average molecular weight is 607 g/mol. The molecule has 0 saturated heterocycles. The first kappa shape index (κ1) is 30.5. The summed E-state index contributed by atoms with van der Waals surface area (Å²) < 4.78 is 13.1. The maximum absolute atomic E-state index is 13.7. The van der Waals surface area contributed by atoms with E-state index in [1.807, 2.05) is 98.1 Å². The van der Waals surface area contributed by atoms with Gasteiger partial charge in [-0.3, -0.25) is 14.5 Å². The summed E-state index contributed by atoms with van der Waals surface area (Å²) in [6.45, 7) is 4.94. The number of imide groups is 1. The van der Waals surface area contributed by atoms with Gasteiger partial charge in [-0.1, -0.05) is 48.0 Å². The Morgan fingerprint density at radius 2 is 1.70 bits per heavy atom. The van der Waals surface area contributed by atoms with Crippen LogP contribution in [0.3, 0.4) is 0 Å². The Morgan fingerprint density at radius 1 is 0.977 bits per heavy atom. The Balaban J connectivity index is 1.51. The van der Waals surface area contributed by atoms with E-state index in [0.29, 0.717) is 53.8 Å². The van der Waals surface area contributed by atoms with Gasteiger partial charge in [-0.2, -0.15) is 10.4 Å². The van der Waals surface area contributed by atoms with E-state index in [4.69, 9.17) is 26.2 Å². The fraction of sp³-hybridized carbons (Fsp3) is 0.200. The minimum absolute atomic E-state index is 0.0516. The number of rotatable bonds is 11. The third-order valence-electron chi connectivity index (χ3n) is 7.24. The van der Waals surface area contributed by atoms with Gasteiger partial charge in [-0.05, 0) is 74.4 Å². The van der Waals surface area contributed by atoms with Gasteiger partial charge in [-0.25, -0.2) is 4.68 Å². The third kappa shape index (κ3) is 6.65. The van der Waals surface area contributed by atoms with Gasteiger partial charge < -0.3 is 9.47 Å². The molecular weight excluding hydrogens is 576 g/mol. The topological polar surface area (TPSA) is 97.5 Å². The molecule has 0 unspecified atom stereocenters. The average Bonchev–Trinajstić information content (AvgIpc) is 3.47.